The van der Waals surface area contributed by atoms with Crippen molar-refractivity contribution in [2.24, 2.45) is 0 Å². The summed E-state index contributed by atoms with van der Waals surface area (Å²) in [5.41, 5.74) is 2.41. The lowest BCUT2D eigenvalue weighted by Crippen LogP contribution is -2.21. The summed E-state index contributed by atoms with van der Waals surface area (Å²) in [5.74, 6) is 3.33. The predicted octanol–water partition coefficient (Wildman–Crippen LogP) is 2.94. The normalized spacial score (nSPS) is 17.2. The Labute approximate surface area is 145 Å². The van der Waals surface area contributed by atoms with E-state index in [2.05, 4.69) is 25.9 Å². The number of methoxy groups -OCH3 is 2. The highest BCUT2D eigenvalue weighted by molar-refractivity contribution is 5.81. The number of benzene rings is 1. The minimum atomic E-state index is 0.336. The van der Waals surface area contributed by atoms with E-state index in [0.29, 0.717) is 17.5 Å². The van der Waals surface area contributed by atoms with Crippen LogP contribution in [0.1, 0.15) is 23.8 Å². The summed E-state index contributed by atoms with van der Waals surface area (Å²) in [7, 11) is 3.34. The Morgan fingerprint density at radius 2 is 2.08 bits per heavy atom. The molecule has 4 rings (SSSR count). The van der Waals surface area contributed by atoms with Crippen LogP contribution in [-0.2, 0) is 0 Å². The topological polar surface area (TPSA) is 73.5 Å². The molecule has 1 aliphatic rings. The van der Waals surface area contributed by atoms with Gasteiger partial charge in [0, 0.05) is 31.5 Å². The molecule has 0 spiro atoms. The minimum absolute atomic E-state index is 0.336. The van der Waals surface area contributed by atoms with Gasteiger partial charge in [-0.1, -0.05) is 12.1 Å². The van der Waals surface area contributed by atoms with Crippen molar-refractivity contribution in [3.05, 3.63) is 36.0 Å². The Bertz CT molecular complexity index is 908. The van der Waals surface area contributed by atoms with Crippen molar-refractivity contribution >= 4 is 17.0 Å². The molecule has 0 radical (unpaired) electrons. The SMILES string of the molecule is COc1cccc([C@@H]2CCN(c3ncnc4oc(C)nc34)C2)c1OC. The number of hydrogen-bond acceptors (Lipinski definition) is 7. The molecule has 0 aliphatic carbocycles. The maximum Gasteiger partial charge on any atom is 0.252 e. The second-order valence-corrected chi connectivity index (χ2v) is 6.10. The molecule has 0 amide bonds. The maximum absolute atomic E-state index is 5.60. The number of aromatic nitrogens is 3. The van der Waals surface area contributed by atoms with Crippen molar-refractivity contribution in [3.63, 3.8) is 0 Å². The van der Waals surface area contributed by atoms with Crippen molar-refractivity contribution < 1.29 is 13.9 Å². The Balaban J connectivity index is 1.66. The molecule has 0 N–H and O–H groups in total. The predicted molar refractivity (Wildman–Crippen MR) is 93.5 cm³/mol. The fourth-order valence-electron chi connectivity index (χ4n) is 3.52. The first-order valence-corrected chi connectivity index (χ1v) is 8.25. The number of nitrogens with zero attached hydrogens (tertiary/aromatic N) is 4. The molecular formula is C18H20N4O3. The van der Waals surface area contributed by atoms with Gasteiger partial charge in [0.2, 0.25) is 0 Å². The monoisotopic (exact) mass is 340 g/mol. The molecule has 1 saturated heterocycles. The standard InChI is InChI=1S/C18H20N4O3/c1-11-21-15-17(19-10-20-18(15)25-11)22-8-7-12(9-22)13-5-4-6-14(23-2)16(13)24-3/h4-6,10,12H,7-9H2,1-3H3/t12-/m1/s1. The third-order valence-corrected chi connectivity index (χ3v) is 4.64. The first-order chi connectivity index (χ1) is 12.2. The van der Waals surface area contributed by atoms with Crippen LogP contribution in [0.3, 0.4) is 0 Å². The molecule has 7 heteroatoms. The smallest absolute Gasteiger partial charge is 0.252 e. The number of rotatable bonds is 4. The van der Waals surface area contributed by atoms with E-state index in [1.807, 2.05) is 19.1 Å². The van der Waals surface area contributed by atoms with Gasteiger partial charge in [0.15, 0.2) is 28.7 Å². The van der Waals surface area contributed by atoms with Gasteiger partial charge < -0.3 is 18.8 Å². The summed E-state index contributed by atoms with van der Waals surface area (Å²) in [6.07, 6.45) is 2.54. The summed E-state index contributed by atoms with van der Waals surface area (Å²) in [4.78, 5) is 15.3. The average molecular weight is 340 g/mol. The van der Waals surface area contributed by atoms with Crippen LogP contribution in [0.15, 0.2) is 28.9 Å². The highest BCUT2D eigenvalue weighted by atomic mass is 16.5. The average Bonchev–Trinajstić information content (AvgIpc) is 3.26. The van der Waals surface area contributed by atoms with Crippen LogP contribution in [0.4, 0.5) is 5.82 Å². The van der Waals surface area contributed by atoms with Crippen molar-refractivity contribution in [1.82, 2.24) is 15.0 Å². The van der Waals surface area contributed by atoms with Crippen LogP contribution in [0.25, 0.3) is 11.2 Å². The molecule has 1 aliphatic heterocycles. The molecule has 0 unspecified atom stereocenters. The summed E-state index contributed by atoms with van der Waals surface area (Å²) in [6, 6.07) is 6.02. The van der Waals surface area contributed by atoms with Gasteiger partial charge in [-0.3, -0.25) is 0 Å². The quantitative estimate of drug-likeness (QED) is 0.723. The number of hydrogen-bond donors (Lipinski definition) is 0. The molecule has 3 aromatic rings. The number of fused-ring (bicyclic) bond motifs is 1. The lowest BCUT2D eigenvalue weighted by atomic mass is 9.97. The zero-order valence-electron chi connectivity index (χ0n) is 14.5. The summed E-state index contributed by atoms with van der Waals surface area (Å²) in [6.45, 7) is 3.55. The second kappa shape index (κ2) is 6.23. The van der Waals surface area contributed by atoms with Crippen molar-refractivity contribution in [1.29, 1.82) is 0 Å². The van der Waals surface area contributed by atoms with E-state index in [9.17, 15) is 0 Å². The number of ether oxygens (including phenoxy) is 2. The van der Waals surface area contributed by atoms with Gasteiger partial charge in [0.1, 0.15) is 6.33 Å². The highest BCUT2D eigenvalue weighted by Gasteiger charge is 2.30. The van der Waals surface area contributed by atoms with Crippen molar-refractivity contribution in [2.75, 3.05) is 32.2 Å². The molecule has 25 heavy (non-hydrogen) atoms. The van der Waals surface area contributed by atoms with E-state index < -0.39 is 0 Å². The van der Waals surface area contributed by atoms with Gasteiger partial charge in [-0.05, 0) is 12.5 Å². The maximum atomic E-state index is 5.60. The molecule has 7 nitrogen and oxygen atoms in total. The molecule has 0 saturated carbocycles. The zero-order chi connectivity index (χ0) is 17.4. The summed E-state index contributed by atoms with van der Waals surface area (Å²) < 4.78 is 16.5. The van der Waals surface area contributed by atoms with E-state index in [1.165, 1.54) is 6.33 Å². The van der Waals surface area contributed by atoms with E-state index in [0.717, 1.165) is 47.9 Å². The molecule has 0 bridgehead atoms. The molecule has 130 valence electrons. The van der Waals surface area contributed by atoms with Gasteiger partial charge in [-0.25, -0.2) is 9.97 Å². The lowest BCUT2D eigenvalue weighted by Gasteiger charge is -2.19. The minimum Gasteiger partial charge on any atom is -0.493 e. The molecule has 3 heterocycles. The Hall–Kier alpha value is -2.83. The molecule has 1 fully saturated rings. The Morgan fingerprint density at radius 3 is 2.88 bits per heavy atom. The molecule has 2 aromatic heterocycles. The first kappa shape index (κ1) is 15.7. The van der Waals surface area contributed by atoms with Gasteiger partial charge in [-0.2, -0.15) is 4.98 Å². The van der Waals surface area contributed by atoms with Crippen LogP contribution >= 0.6 is 0 Å². The summed E-state index contributed by atoms with van der Waals surface area (Å²) >= 11 is 0. The van der Waals surface area contributed by atoms with Crippen LogP contribution in [0.2, 0.25) is 0 Å². The van der Waals surface area contributed by atoms with Crippen LogP contribution in [0.5, 0.6) is 11.5 Å². The second-order valence-electron chi connectivity index (χ2n) is 6.10. The lowest BCUT2D eigenvalue weighted by molar-refractivity contribution is 0.350. The number of anilines is 1. The van der Waals surface area contributed by atoms with E-state index >= 15 is 0 Å². The van der Waals surface area contributed by atoms with Gasteiger partial charge in [0.25, 0.3) is 5.71 Å². The van der Waals surface area contributed by atoms with E-state index in [4.69, 9.17) is 13.9 Å². The highest BCUT2D eigenvalue weighted by Crippen LogP contribution is 2.40. The van der Waals surface area contributed by atoms with Crippen molar-refractivity contribution in [2.45, 2.75) is 19.3 Å². The number of para-hydroxylation sites is 1. The number of oxazole rings is 1. The Kier molecular flexibility index (Phi) is 3.91. The van der Waals surface area contributed by atoms with E-state index in [1.54, 1.807) is 14.2 Å². The van der Waals surface area contributed by atoms with Gasteiger partial charge in [0.05, 0.1) is 14.2 Å². The molecular weight excluding hydrogens is 320 g/mol. The van der Waals surface area contributed by atoms with Gasteiger partial charge in [-0.15, -0.1) is 0 Å². The largest absolute Gasteiger partial charge is 0.493 e. The Morgan fingerprint density at radius 1 is 1.20 bits per heavy atom. The van der Waals surface area contributed by atoms with E-state index in [-0.39, 0.29) is 0 Å². The molecule has 1 atom stereocenters. The third-order valence-electron chi connectivity index (χ3n) is 4.64. The van der Waals surface area contributed by atoms with Gasteiger partial charge >= 0.3 is 0 Å². The van der Waals surface area contributed by atoms with Crippen LogP contribution < -0.4 is 14.4 Å². The van der Waals surface area contributed by atoms with Crippen LogP contribution in [0, 0.1) is 6.92 Å². The number of aryl methyl sites for hydroxylation is 1. The third kappa shape index (κ3) is 2.65. The van der Waals surface area contributed by atoms with Crippen molar-refractivity contribution in [3.8, 4) is 11.5 Å². The zero-order valence-corrected chi connectivity index (χ0v) is 14.5. The van der Waals surface area contributed by atoms with Crippen LogP contribution in [-0.4, -0.2) is 42.3 Å². The summed E-state index contributed by atoms with van der Waals surface area (Å²) in [5, 5.41) is 0. The molecule has 1 aromatic carbocycles. The fraction of sp³-hybridized carbons (Fsp3) is 0.389. The first-order valence-electron chi connectivity index (χ1n) is 8.25. The fourth-order valence-corrected chi connectivity index (χ4v) is 3.52.